The first kappa shape index (κ1) is 19.4. The number of amides is 1. The molecule has 1 N–H and O–H groups in total. The quantitative estimate of drug-likeness (QED) is 0.823. The third kappa shape index (κ3) is 5.30. The number of nitrogens with one attached hydrogen (secondary N) is 1. The molecule has 0 heterocycles. The molecule has 4 nitrogen and oxygen atoms in total. The second-order valence-electron chi connectivity index (χ2n) is 6.56. The average Bonchev–Trinajstić information content (AvgIpc) is 2.55. The molecule has 2 rings (SSSR count). The normalized spacial score (nSPS) is 13.7. The fourth-order valence-corrected chi connectivity index (χ4v) is 3.12. The predicted octanol–water partition coefficient (Wildman–Crippen LogP) is 3.36. The number of hydrogen-bond donors (Lipinski definition) is 1. The van der Waals surface area contributed by atoms with Crippen LogP contribution in [0.4, 0.5) is 0 Å². The minimum absolute atomic E-state index is 0.00919. The van der Waals surface area contributed by atoms with Crippen molar-refractivity contribution in [3.05, 3.63) is 70.7 Å². The highest BCUT2D eigenvalue weighted by atomic mass is 35.5. The van der Waals surface area contributed by atoms with Gasteiger partial charge in [0.15, 0.2) is 0 Å². The topological polar surface area (TPSA) is 35.6 Å². The van der Waals surface area contributed by atoms with Gasteiger partial charge in [-0.25, -0.2) is 0 Å². The Kier molecular flexibility index (Phi) is 7.00. The molecule has 0 aliphatic heterocycles. The van der Waals surface area contributed by atoms with Crippen LogP contribution in [0.2, 0.25) is 5.02 Å². The SMILES string of the molecule is CN(C)C(CNC(=O)C(c1ccccc1)N(C)C)c1cccc(Cl)c1. The first-order valence-electron chi connectivity index (χ1n) is 8.31. The van der Waals surface area contributed by atoms with Crippen LogP contribution in [0.5, 0.6) is 0 Å². The van der Waals surface area contributed by atoms with E-state index in [1.165, 1.54) is 0 Å². The zero-order chi connectivity index (χ0) is 18.4. The zero-order valence-corrected chi connectivity index (χ0v) is 16.0. The van der Waals surface area contributed by atoms with Gasteiger partial charge < -0.3 is 10.2 Å². The Morgan fingerprint density at radius 3 is 2.16 bits per heavy atom. The third-order valence-corrected chi connectivity index (χ3v) is 4.44. The lowest BCUT2D eigenvalue weighted by molar-refractivity contribution is -0.126. The minimum atomic E-state index is -0.316. The molecule has 0 radical (unpaired) electrons. The maximum atomic E-state index is 12.8. The van der Waals surface area contributed by atoms with Crippen molar-refractivity contribution >= 4 is 17.5 Å². The van der Waals surface area contributed by atoms with Gasteiger partial charge in [0.2, 0.25) is 5.91 Å². The van der Waals surface area contributed by atoms with Gasteiger partial charge in [-0.05, 0) is 51.5 Å². The summed E-state index contributed by atoms with van der Waals surface area (Å²) in [7, 11) is 7.83. The molecule has 0 saturated carbocycles. The monoisotopic (exact) mass is 359 g/mol. The summed E-state index contributed by atoms with van der Waals surface area (Å²) in [6.07, 6.45) is 0. The van der Waals surface area contributed by atoms with E-state index in [-0.39, 0.29) is 18.0 Å². The number of halogens is 1. The molecule has 1 amide bonds. The molecule has 2 unspecified atom stereocenters. The predicted molar refractivity (Wildman–Crippen MR) is 104 cm³/mol. The maximum Gasteiger partial charge on any atom is 0.242 e. The summed E-state index contributed by atoms with van der Waals surface area (Å²) in [5, 5.41) is 3.80. The molecule has 0 saturated heterocycles. The van der Waals surface area contributed by atoms with Gasteiger partial charge in [0, 0.05) is 11.6 Å². The van der Waals surface area contributed by atoms with Crippen molar-refractivity contribution < 1.29 is 4.79 Å². The molecule has 0 aromatic heterocycles. The summed E-state index contributed by atoms with van der Waals surface area (Å²) in [6.45, 7) is 0.517. The number of rotatable bonds is 7. The van der Waals surface area contributed by atoms with E-state index in [1.807, 2.05) is 87.7 Å². The van der Waals surface area contributed by atoms with Crippen molar-refractivity contribution in [3.8, 4) is 0 Å². The van der Waals surface area contributed by atoms with Gasteiger partial charge >= 0.3 is 0 Å². The van der Waals surface area contributed by atoms with Crippen LogP contribution >= 0.6 is 11.6 Å². The summed E-state index contributed by atoms with van der Waals surface area (Å²) < 4.78 is 0. The van der Waals surface area contributed by atoms with Gasteiger partial charge in [-0.2, -0.15) is 0 Å². The van der Waals surface area contributed by atoms with Crippen LogP contribution in [0.1, 0.15) is 23.2 Å². The Labute approximate surface area is 155 Å². The van der Waals surface area contributed by atoms with Crippen LogP contribution in [0.3, 0.4) is 0 Å². The number of likely N-dealkylation sites (N-methyl/N-ethyl adjacent to an activating group) is 2. The first-order chi connectivity index (χ1) is 11.9. The Morgan fingerprint density at radius 1 is 0.960 bits per heavy atom. The maximum absolute atomic E-state index is 12.8. The van der Waals surface area contributed by atoms with Crippen molar-refractivity contribution in [2.24, 2.45) is 0 Å². The van der Waals surface area contributed by atoms with Gasteiger partial charge in [0.25, 0.3) is 0 Å². The van der Waals surface area contributed by atoms with Gasteiger partial charge in [-0.1, -0.05) is 54.1 Å². The standard InChI is InChI=1S/C20H26ClN3O/c1-23(2)18(16-11-8-12-17(21)13-16)14-22-20(25)19(24(3)4)15-9-6-5-7-10-15/h5-13,18-19H,14H2,1-4H3,(H,22,25). The highest BCUT2D eigenvalue weighted by Gasteiger charge is 2.24. The lowest BCUT2D eigenvalue weighted by atomic mass is 10.0. The molecule has 0 bridgehead atoms. The van der Waals surface area contributed by atoms with E-state index in [2.05, 4.69) is 10.2 Å². The highest BCUT2D eigenvalue weighted by Crippen LogP contribution is 2.22. The molecule has 0 fully saturated rings. The lowest BCUT2D eigenvalue weighted by Crippen LogP contribution is -2.41. The number of hydrogen-bond acceptors (Lipinski definition) is 3. The van der Waals surface area contributed by atoms with Crippen LogP contribution in [0, 0.1) is 0 Å². The summed E-state index contributed by atoms with van der Waals surface area (Å²) in [4.78, 5) is 16.8. The van der Waals surface area contributed by atoms with Crippen molar-refractivity contribution in [3.63, 3.8) is 0 Å². The molecule has 134 valence electrons. The van der Waals surface area contributed by atoms with Crippen LogP contribution in [0.25, 0.3) is 0 Å². The van der Waals surface area contributed by atoms with E-state index in [0.29, 0.717) is 11.6 Å². The van der Waals surface area contributed by atoms with Crippen LogP contribution in [-0.2, 0) is 4.79 Å². The van der Waals surface area contributed by atoms with Crippen molar-refractivity contribution in [1.29, 1.82) is 0 Å². The zero-order valence-electron chi connectivity index (χ0n) is 15.2. The summed E-state index contributed by atoms with van der Waals surface area (Å²) >= 11 is 6.12. The van der Waals surface area contributed by atoms with Gasteiger partial charge in [-0.15, -0.1) is 0 Å². The fraction of sp³-hybridized carbons (Fsp3) is 0.350. The molecular weight excluding hydrogens is 334 g/mol. The van der Waals surface area contributed by atoms with Gasteiger partial charge in [0.1, 0.15) is 6.04 Å². The van der Waals surface area contributed by atoms with Gasteiger partial charge in [-0.3, -0.25) is 9.69 Å². The fourth-order valence-electron chi connectivity index (χ4n) is 2.93. The van der Waals surface area contributed by atoms with Crippen molar-refractivity contribution in [2.75, 3.05) is 34.7 Å². The third-order valence-electron chi connectivity index (χ3n) is 4.21. The summed E-state index contributed by atoms with van der Waals surface area (Å²) in [5.74, 6) is -0.00919. The van der Waals surface area contributed by atoms with E-state index in [4.69, 9.17) is 11.6 Å². The van der Waals surface area contributed by atoms with E-state index in [9.17, 15) is 4.79 Å². The molecule has 0 spiro atoms. The minimum Gasteiger partial charge on any atom is -0.353 e. The molecule has 0 aliphatic rings. The Bertz CT molecular complexity index is 688. The molecular formula is C20H26ClN3O. The molecule has 5 heteroatoms. The van der Waals surface area contributed by atoms with Crippen LogP contribution in [0.15, 0.2) is 54.6 Å². The molecule has 0 aliphatic carbocycles. The Hall–Kier alpha value is -1.88. The van der Waals surface area contributed by atoms with Crippen LogP contribution < -0.4 is 5.32 Å². The highest BCUT2D eigenvalue weighted by molar-refractivity contribution is 6.30. The van der Waals surface area contributed by atoms with E-state index >= 15 is 0 Å². The van der Waals surface area contributed by atoms with Gasteiger partial charge in [0.05, 0.1) is 6.04 Å². The second-order valence-corrected chi connectivity index (χ2v) is 6.99. The van der Waals surface area contributed by atoms with Crippen LogP contribution in [-0.4, -0.2) is 50.4 Å². The molecule has 2 atom stereocenters. The van der Waals surface area contributed by atoms with E-state index < -0.39 is 0 Å². The smallest absolute Gasteiger partial charge is 0.242 e. The average molecular weight is 360 g/mol. The number of carbonyl (C=O) groups is 1. The van der Waals surface area contributed by atoms with Crippen molar-refractivity contribution in [1.82, 2.24) is 15.1 Å². The van der Waals surface area contributed by atoms with E-state index in [0.717, 1.165) is 11.1 Å². The largest absolute Gasteiger partial charge is 0.353 e. The number of benzene rings is 2. The Balaban J connectivity index is 2.12. The summed E-state index contributed by atoms with van der Waals surface area (Å²) in [5.41, 5.74) is 2.06. The molecule has 2 aromatic carbocycles. The number of nitrogens with zero attached hydrogens (tertiary/aromatic N) is 2. The Morgan fingerprint density at radius 2 is 1.60 bits per heavy atom. The second kappa shape index (κ2) is 8.99. The molecule has 25 heavy (non-hydrogen) atoms. The first-order valence-corrected chi connectivity index (χ1v) is 8.69. The van der Waals surface area contributed by atoms with Crippen molar-refractivity contribution in [2.45, 2.75) is 12.1 Å². The summed E-state index contributed by atoms with van der Waals surface area (Å²) in [6, 6.07) is 17.3. The number of carbonyl (C=O) groups excluding carboxylic acids is 1. The molecule has 2 aromatic rings. The van der Waals surface area contributed by atoms with E-state index in [1.54, 1.807) is 0 Å². The lowest BCUT2D eigenvalue weighted by Gasteiger charge is -2.28.